The first-order valence-corrected chi connectivity index (χ1v) is 4.55. The number of hydrogen-bond acceptors (Lipinski definition) is 3. The first kappa shape index (κ1) is 8.53. The molecule has 3 nitrogen and oxygen atoms in total. The summed E-state index contributed by atoms with van der Waals surface area (Å²) < 4.78 is 5.43. The van der Waals surface area contributed by atoms with Gasteiger partial charge in [-0.1, -0.05) is 6.07 Å². The molecule has 0 unspecified atom stereocenters. The Morgan fingerprint density at radius 2 is 2.15 bits per heavy atom. The topological polar surface area (TPSA) is 47.3 Å². The van der Waals surface area contributed by atoms with E-state index in [2.05, 4.69) is 17.4 Å². The molecule has 0 bridgehead atoms. The van der Waals surface area contributed by atoms with Crippen molar-refractivity contribution in [3.05, 3.63) is 29.3 Å². The lowest BCUT2D eigenvalue weighted by molar-refractivity contribution is 0.328. The second-order valence-electron chi connectivity index (χ2n) is 3.17. The van der Waals surface area contributed by atoms with Crippen molar-refractivity contribution in [2.45, 2.75) is 13.1 Å². The Balaban J connectivity index is 2.12. The molecule has 3 N–H and O–H groups in total. The van der Waals surface area contributed by atoms with Crippen LogP contribution in [-0.2, 0) is 13.1 Å². The molecule has 1 heterocycles. The van der Waals surface area contributed by atoms with Crippen molar-refractivity contribution in [2.75, 3.05) is 13.2 Å². The highest BCUT2D eigenvalue weighted by molar-refractivity contribution is 5.37. The third kappa shape index (κ3) is 1.82. The molecule has 0 saturated carbocycles. The molecule has 13 heavy (non-hydrogen) atoms. The number of rotatable bonds is 3. The molecule has 2 rings (SSSR count). The van der Waals surface area contributed by atoms with Crippen LogP contribution in [0, 0.1) is 0 Å². The van der Waals surface area contributed by atoms with E-state index in [1.807, 2.05) is 6.07 Å². The molecule has 1 aromatic rings. The summed E-state index contributed by atoms with van der Waals surface area (Å²) in [5, 5.41) is 3.29. The van der Waals surface area contributed by atoms with Crippen LogP contribution in [0.3, 0.4) is 0 Å². The van der Waals surface area contributed by atoms with Crippen molar-refractivity contribution in [1.29, 1.82) is 0 Å². The fourth-order valence-corrected chi connectivity index (χ4v) is 1.54. The van der Waals surface area contributed by atoms with Gasteiger partial charge in [0, 0.05) is 19.6 Å². The van der Waals surface area contributed by atoms with Gasteiger partial charge in [-0.15, -0.1) is 0 Å². The molecule has 0 fully saturated rings. The fraction of sp³-hybridized carbons (Fsp3) is 0.400. The van der Waals surface area contributed by atoms with Gasteiger partial charge in [0.1, 0.15) is 12.4 Å². The van der Waals surface area contributed by atoms with E-state index in [1.165, 1.54) is 11.1 Å². The van der Waals surface area contributed by atoms with Gasteiger partial charge in [-0.2, -0.15) is 0 Å². The van der Waals surface area contributed by atoms with Crippen molar-refractivity contribution in [3.8, 4) is 5.75 Å². The van der Waals surface area contributed by atoms with E-state index < -0.39 is 0 Å². The van der Waals surface area contributed by atoms with E-state index in [1.54, 1.807) is 0 Å². The van der Waals surface area contributed by atoms with Gasteiger partial charge >= 0.3 is 0 Å². The minimum absolute atomic E-state index is 0.565. The van der Waals surface area contributed by atoms with E-state index in [0.29, 0.717) is 13.2 Å². The van der Waals surface area contributed by atoms with Crippen molar-refractivity contribution < 1.29 is 4.74 Å². The summed E-state index contributed by atoms with van der Waals surface area (Å²) >= 11 is 0. The molecule has 0 aliphatic carbocycles. The molecule has 0 spiro atoms. The first-order chi connectivity index (χ1) is 6.40. The Morgan fingerprint density at radius 3 is 3.00 bits per heavy atom. The average molecular weight is 178 g/mol. The fourth-order valence-electron chi connectivity index (χ4n) is 1.54. The summed E-state index contributed by atoms with van der Waals surface area (Å²) in [6.45, 7) is 3.09. The summed E-state index contributed by atoms with van der Waals surface area (Å²) in [4.78, 5) is 0. The van der Waals surface area contributed by atoms with Gasteiger partial charge in [0.2, 0.25) is 0 Å². The van der Waals surface area contributed by atoms with Crippen LogP contribution >= 0.6 is 0 Å². The molecular weight excluding hydrogens is 164 g/mol. The Morgan fingerprint density at radius 1 is 1.31 bits per heavy atom. The zero-order chi connectivity index (χ0) is 9.10. The molecule has 1 aliphatic heterocycles. The van der Waals surface area contributed by atoms with Gasteiger partial charge in [0.25, 0.3) is 0 Å². The Kier molecular flexibility index (Phi) is 2.47. The summed E-state index contributed by atoms with van der Waals surface area (Å²) in [6.07, 6.45) is 0. The normalized spacial score (nSPS) is 14.2. The second kappa shape index (κ2) is 3.77. The van der Waals surface area contributed by atoms with E-state index in [9.17, 15) is 0 Å². The minimum atomic E-state index is 0.565. The monoisotopic (exact) mass is 178 g/mol. The smallest absolute Gasteiger partial charge is 0.119 e. The van der Waals surface area contributed by atoms with Gasteiger partial charge in [0.05, 0.1) is 0 Å². The van der Waals surface area contributed by atoms with Gasteiger partial charge in [-0.05, 0) is 23.3 Å². The first-order valence-electron chi connectivity index (χ1n) is 4.55. The van der Waals surface area contributed by atoms with Crippen molar-refractivity contribution >= 4 is 0 Å². The number of ether oxygens (including phenoxy) is 1. The van der Waals surface area contributed by atoms with Gasteiger partial charge < -0.3 is 15.8 Å². The van der Waals surface area contributed by atoms with Gasteiger partial charge in [0.15, 0.2) is 0 Å². The van der Waals surface area contributed by atoms with E-state index in [4.69, 9.17) is 10.5 Å². The SMILES string of the molecule is NCCOc1ccc2c(c1)CNC2. The highest BCUT2D eigenvalue weighted by Gasteiger charge is 2.09. The van der Waals surface area contributed by atoms with Crippen LogP contribution in [0.5, 0.6) is 5.75 Å². The van der Waals surface area contributed by atoms with Crippen molar-refractivity contribution in [1.82, 2.24) is 5.32 Å². The third-order valence-electron chi connectivity index (χ3n) is 2.20. The number of hydrogen-bond donors (Lipinski definition) is 2. The summed E-state index contributed by atoms with van der Waals surface area (Å²) in [6, 6.07) is 6.20. The quantitative estimate of drug-likeness (QED) is 0.713. The number of fused-ring (bicyclic) bond motifs is 1. The largest absolute Gasteiger partial charge is 0.492 e. The molecule has 70 valence electrons. The van der Waals surface area contributed by atoms with E-state index >= 15 is 0 Å². The maximum absolute atomic E-state index is 5.43. The van der Waals surface area contributed by atoms with Crippen LogP contribution < -0.4 is 15.8 Å². The predicted octanol–water partition coefficient (Wildman–Crippen LogP) is 0.627. The zero-order valence-electron chi connectivity index (χ0n) is 7.55. The highest BCUT2D eigenvalue weighted by Crippen LogP contribution is 2.21. The third-order valence-corrected chi connectivity index (χ3v) is 2.20. The molecule has 3 heteroatoms. The minimum Gasteiger partial charge on any atom is -0.492 e. The van der Waals surface area contributed by atoms with Crippen LogP contribution in [0.15, 0.2) is 18.2 Å². The standard InChI is InChI=1S/C10H14N2O/c11-3-4-13-10-2-1-8-6-12-7-9(8)5-10/h1-2,5,12H,3-4,6-7,11H2. The number of nitrogens with one attached hydrogen (secondary N) is 1. The average Bonchev–Trinajstić information content (AvgIpc) is 2.61. The summed E-state index contributed by atoms with van der Waals surface area (Å²) in [5.74, 6) is 0.924. The summed E-state index contributed by atoms with van der Waals surface area (Å²) in [7, 11) is 0. The van der Waals surface area contributed by atoms with Crippen molar-refractivity contribution in [3.63, 3.8) is 0 Å². The van der Waals surface area contributed by atoms with E-state index in [-0.39, 0.29) is 0 Å². The lowest BCUT2D eigenvalue weighted by Gasteiger charge is -2.05. The number of nitrogens with two attached hydrogens (primary N) is 1. The molecule has 0 atom stereocenters. The Bertz CT molecular complexity index is 299. The van der Waals surface area contributed by atoms with Crippen LogP contribution in [-0.4, -0.2) is 13.2 Å². The highest BCUT2D eigenvalue weighted by atomic mass is 16.5. The van der Waals surface area contributed by atoms with Crippen LogP contribution in [0.1, 0.15) is 11.1 Å². The van der Waals surface area contributed by atoms with Crippen LogP contribution in [0.25, 0.3) is 0 Å². The molecular formula is C10H14N2O. The molecule has 0 saturated heterocycles. The maximum Gasteiger partial charge on any atom is 0.119 e. The zero-order valence-corrected chi connectivity index (χ0v) is 7.55. The lowest BCUT2D eigenvalue weighted by atomic mass is 10.1. The Labute approximate surface area is 77.9 Å². The number of benzene rings is 1. The molecule has 0 amide bonds. The van der Waals surface area contributed by atoms with Crippen LogP contribution in [0.4, 0.5) is 0 Å². The predicted molar refractivity (Wildman–Crippen MR) is 51.5 cm³/mol. The lowest BCUT2D eigenvalue weighted by Crippen LogP contribution is -2.10. The Hall–Kier alpha value is -1.06. The second-order valence-corrected chi connectivity index (χ2v) is 3.17. The molecule has 0 radical (unpaired) electrons. The van der Waals surface area contributed by atoms with Gasteiger partial charge in [-0.25, -0.2) is 0 Å². The molecule has 1 aromatic carbocycles. The van der Waals surface area contributed by atoms with Gasteiger partial charge in [-0.3, -0.25) is 0 Å². The van der Waals surface area contributed by atoms with E-state index in [0.717, 1.165) is 18.8 Å². The van der Waals surface area contributed by atoms with Crippen LogP contribution in [0.2, 0.25) is 0 Å². The maximum atomic E-state index is 5.43. The molecule has 1 aliphatic rings. The molecule has 0 aromatic heterocycles. The summed E-state index contributed by atoms with van der Waals surface area (Å²) in [5.41, 5.74) is 8.07. The van der Waals surface area contributed by atoms with Crippen molar-refractivity contribution in [2.24, 2.45) is 5.73 Å².